The molecule has 0 radical (unpaired) electrons. The number of halogens is 1. The molecule has 0 heterocycles. The quantitative estimate of drug-likeness (QED) is 0.712. The van der Waals surface area contributed by atoms with Crippen molar-refractivity contribution in [3.8, 4) is 0 Å². The second-order valence-corrected chi connectivity index (χ2v) is 6.39. The Bertz CT molecular complexity index is 384. The Balaban J connectivity index is 2.27. The van der Waals surface area contributed by atoms with Crippen LogP contribution in [0.4, 0.5) is 0 Å². The first-order chi connectivity index (χ1) is 9.15. The molecule has 0 fully saturated rings. The Morgan fingerprint density at radius 1 is 1.37 bits per heavy atom. The number of rotatable bonds is 8. The normalized spacial score (nSPS) is 12.2. The molecule has 5 heteroatoms. The molecule has 0 saturated heterocycles. The number of carbonyl (C=O) groups excluding carboxylic acids is 1. The summed E-state index contributed by atoms with van der Waals surface area (Å²) < 4.78 is 1.02. The monoisotopic (exact) mass is 345 g/mol. The van der Waals surface area contributed by atoms with Crippen molar-refractivity contribution in [1.82, 2.24) is 5.32 Å². The maximum absolute atomic E-state index is 11.9. The second-order valence-electron chi connectivity index (χ2n) is 4.25. The van der Waals surface area contributed by atoms with Gasteiger partial charge in [0.15, 0.2) is 0 Å². The number of thioether (sulfide) groups is 1. The highest BCUT2D eigenvalue weighted by atomic mass is 79.9. The third-order valence-corrected chi connectivity index (χ3v) is 4.35. The first kappa shape index (κ1) is 16.5. The highest BCUT2D eigenvalue weighted by Crippen LogP contribution is 2.18. The molecule has 1 amide bonds. The smallest absolute Gasteiger partial charge is 0.227 e. The molecule has 0 aromatic heterocycles. The maximum atomic E-state index is 11.9. The Morgan fingerprint density at radius 2 is 2.05 bits per heavy atom. The number of aliphatic hydroxyl groups is 1. The fourth-order valence-electron chi connectivity index (χ4n) is 1.57. The van der Waals surface area contributed by atoms with E-state index in [9.17, 15) is 4.79 Å². The summed E-state index contributed by atoms with van der Waals surface area (Å²) in [5, 5.41) is 11.6. The minimum absolute atomic E-state index is 0.0603. The summed E-state index contributed by atoms with van der Waals surface area (Å²) in [5.74, 6) is 1.76. The Kier molecular flexibility index (Phi) is 8.18. The largest absolute Gasteiger partial charge is 0.396 e. The fourth-order valence-corrected chi connectivity index (χ4v) is 2.62. The molecule has 106 valence electrons. The maximum Gasteiger partial charge on any atom is 0.227 e. The SMILES string of the molecule is CC(C(=O)NCCSCCCO)c1ccc(Br)cc1. The van der Waals surface area contributed by atoms with Crippen LogP contribution in [0.2, 0.25) is 0 Å². The van der Waals surface area contributed by atoms with E-state index in [0.29, 0.717) is 6.54 Å². The van der Waals surface area contributed by atoms with Crippen LogP contribution in [0.1, 0.15) is 24.8 Å². The summed E-state index contributed by atoms with van der Waals surface area (Å²) >= 11 is 5.13. The highest BCUT2D eigenvalue weighted by Gasteiger charge is 2.14. The third kappa shape index (κ3) is 6.45. The average Bonchev–Trinajstić information content (AvgIpc) is 2.42. The molecule has 0 spiro atoms. The van der Waals surface area contributed by atoms with Crippen molar-refractivity contribution in [3.63, 3.8) is 0 Å². The zero-order valence-electron chi connectivity index (χ0n) is 11.1. The average molecular weight is 346 g/mol. The van der Waals surface area contributed by atoms with Crippen LogP contribution in [0.15, 0.2) is 28.7 Å². The van der Waals surface area contributed by atoms with Gasteiger partial charge in [-0.25, -0.2) is 0 Å². The molecule has 0 aliphatic rings. The first-order valence-electron chi connectivity index (χ1n) is 6.37. The van der Waals surface area contributed by atoms with Gasteiger partial charge in [-0.3, -0.25) is 4.79 Å². The molecule has 1 unspecified atom stereocenters. The van der Waals surface area contributed by atoms with Gasteiger partial charge in [0, 0.05) is 23.4 Å². The standard InChI is InChI=1S/C14H20BrNO2S/c1-11(12-3-5-13(15)6-4-12)14(18)16-7-10-19-9-2-8-17/h3-6,11,17H,2,7-10H2,1H3,(H,16,18). The van der Waals surface area contributed by atoms with Crippen LogP contribution < -0.4 is 5.32 Å². The van der Waals surface area contributed by atoms with Gasteiger partial charge in [0.05, 0.1) is 5.92 Å². The Morgan fingerprint density at radius 3 is 2.68 bits per heavy atom. The van der Waals surface area contributed by atoms with E-state index in [1.54, 1.807) is 11.8 Å². The number of hydrogen-bond donors (Lipinski definition) is 2. The third-order valence-electron chi connectivity index (χ3n) is 2.76. The molecule has 3 nitrogen and oxygen atoms in total. The lowest BCUT2D eigenvalue weighted by molar-refractivity contribution is -0.122. The predicted octanol–water partition coefficient (Wildman–Crippen LogP) is 2.78. The van der Waals surface area contributed by atoms with Gasteiger partial charge in [-0.2, -0.15) is 11.8 Å². The van der Waals surface area contributed by atoms with Crippen LogP contribution in [-0.2, 0) is 4.79 Å². The lowest BCUT2D eigenvalue weighted by Gasteiger charge is -2.12. The summed E-state index contributed by atoms with van der Waals surface area (Å²) in [6, 6.07) is 7.82. The molecular formula is C14H20BrNO2S. The molecule has 0 bridgehead atoms. The van der Waals surface area contributed by atoms with E-state index in [1.807, 2.05) is 31.2 Å². The van der Waals surface area contributed by atoms with Crippen molar-refractivity contribution in [2.24, 2.45) is 0 Å². The molecule has 0 aliphatic heterocycles. The van der Waals surface area contributed by atoms with E-state index in [-0.39, 0.29) is 18.4 Å². The van der Waals surface area contributed by atoms with Gasteiger partial charge in [0.2, 0.25) is 5.91 Å². The molecule has 1 atom stereocenters. The molecule has 1 rings (SSSR count). The van der Waals surface area contributed by atoms with Gasteiger partial charge in [-0.05, 0) is 36.8 Å². The van der Waals surface area contributed by atoms with Gasteiger partial charge in [-0.1, -0.05) is 28.1 Å². The number of carbonyl (C=O) groups is 1. The molecule has 0 saturated carbocycles. The van der Waals surface area contributed by atoms with Crippen LogP contribution in [0.25, 0.3) is 0 Å². The van der Waals surface area contributed by atoms with Crippen LogP contribution in [-0.4, -0.2) is 35.7 Å². The van der Waals surface area contributed by atoms with Gasteiger partial charge < -0.3 is 10.4 Å². The van der Waals surface area contributed by atoms with Crippen LogP contribution in [0.3, 0.4) is 0 Å². The number of hydrogen-bond acceptors (Lipinski definition) is 3. The summed E-state index contributed by atoms with van der Waals surface area (Å²) in [6.45, 7) is 2.83. The van der Waals surface area contributed by atoms with Crippen molar-refractivity contribution in [3.05, 3.63) is 34.3 Å². The Labute approximate surface area is 127 Å². The van der Waals surface area contributed by atoms with Crippen molar-refractivity contribution in [1.29, 1.82) is 0 Å². The number of nitrogens with one attached hydrogen (secondary N) is 1. The molecule has 2 N–H and O–H groups in total. The molecule has 0 aliphatic carbocycles. The topological polar surface area (TPSA) is 49.3 Å². The van der Waals surface area contributed by atoms with Crippen molar-refractivity contribution < 1.29 is 9.90 Å². The molecule has 1 aromatic rings. The van der Waals surface area contributed by atoms with E-state index >= 15 is 0 Å². The number of aliphatic hydroxyl groups excluding tert-OH is 1. The van der Waals surface area contributed by atoms with E-state index in [4.69, 9.17) is 5.11 Å². The lowest BCUT2D eigenvalue weighted by Crippen LogP contribution is -2.29. The number of benzene rings is 1. The fraction of sp³-hybridized carbons (Fsp3) is 0.500. The van der Waals surface area contributed by atoms with Crippen molar-refractivity contribution in [2.45, 2.75) is 19.3 Å². The van der Waals surface area contributed by atoms with Gasteiger partial charge >= 0.3 is 0 Å². The summed E-state index contributed by atoms with van der Waals surface area (Å²) in [7, 11) is 0. The van der Waals surface area contributed by atoms with Gasteiger partial charge in [0.25, 0.3) is 0 Å². The first-order valence-corrected chi connectivity index (χ1v) is 8.31. The minimum Gasteiger partial charge on any atom is -0.396 e. The van der Waals surface area contributed by atoms with Crippen LogP contribution in [0.5, 0.6) is 0 Å². The zero-order chi connectivity index (χ0) is 14.1. The van der Waals surface area contributed by atoms with Crippen molar-refractivity contribution in [2.75, 3.05) is 24.7 Å². The molecule has 1 aromatic carbocycles. The van der Waals surface area contributed by atoms with E-state index < -0.39 is 0 Å². The Hall–Kier alpha value is -0.520. The molecular weight excluding hydrogens is 326 g/mol. The van der Waals surface area contributed by atoms with Crippen LogP contribution in [0, 0.1) is 0 Å². The zero-order valence-corrected chi connectivity index (χ0v) is 13.5. The van der Waals surface area contributed by atoms with E-state index in [2.05, 4.69) is 21.2 Å². The predicted molar refractivity (Wildman–Crippen MR) is 84.6 cm³/mol. The van der Waals surface area contributed by atoms with Gasteiger partial charge in [0.1, 0.15) is 0 Å². The summed E-state index contributed by atoms with van der Waals surface area (Å²) in [5.41, 5.74) is 1.02. The lowest BCUT2D eigenvalue weighted by atomic mass is 10.0. The van der Waals surface area contributed by atoms with Crippen LogP contribution >= 0.6 is 27.7 Å². The molecule has 19 heavy (non-hydrogen) atoms. The number of amides is 1. The summed E-state index contributed by atoms with van der Waals surface area (Å²) in [6.07, 6.45) is 0.813. The second kappa shape index (κ2) is 9.39. The highest BCUT2D eigenvalue weighted by molar-refractivity contribution is 9.10. The minimum atomic E-state index is -0.129. The van der Waals surface area contributed by atoms with Gasteiger partial charge in [-0.15, -0.1) is 0 Å². The van der Waals surface area contributed by atoms with E-state index in [0.717, 1.165) is 28.0 Å². The summed E-state index contributed by atoms with van der Waals surface area (Å²) in [4.78, 5) is 11.9. The van der Waals surface area contributed by atoms with E-state index in [1.165, 1.54) is 0 Å². The van der Waals surface area contributed by atoms with Crippen molar-refractivity contribution >= 4 is 33.6 Å².